The largest absolute Gasteiger partial charge is 0.495 e. The van der Waals surface area contributed by atoms with E-state index in [1.54, 1.807) is 13.2 Å². The summed E-state index contributed by atoms with van der Waals surface area (Å²) in [5, 5.41) is 0. The highest BCUT2D eigenvalue weighted by Gasteiger charge is 2.42. The number of piperazine rings is 1. The van der Waals surface area contributed by atoms with E-state index < -0.39 is 5.72 Å². The third-order valence-corrected chi connectivity index (χ3v) is 6.44. The lowest BCUT2D eigenvalue weighted by atomic mass is 10.1. The maximum Gasteiger partial charge on any atom is 0.178 e. The molecule has 5 rings (SSSR count). The number of para-hydroxylation sites is 3. The van der Waals surface area contributed by atoms with E-state index in [4.69, 9.17) is 9.47 Å². The van der Waals surface area contributed by atoms with Crippen molar-refractivity contribution in [3.63, 3.8) is 0 Å². The van der Waals surface area contributed by atoms with E-state index in [2.05, 4.69) is 39.8 Å². The van der Waals surface area contributed by atoms with E-state index in [1.807, 2.05) is 36.4 Å². The molecule has 0 aliphatic carbocycles. The summed E-state index contributed by atoms with van der Waals surface area (Å²) in [4.78, 5) is 6.94. The molecule has 0 amide bonds. The number of anilines is 3. The Morgan fingerprint density at radius 1 is 0.875 bits per heavy atom. The standard InChI is InChI=1S/C26H28FN3O2/c1-26(29-16-14-28(15-17-29)22-10-6-7-11-24(22)31-2)19-30(21-8-4-3-5-9-21)23-13-12-20(27)18-25(23)32-26/h3-13,18H,14-17,19H2,1-2H3. The number of hydrogen-bond acceptors (Lipinski definition) is 5. The van der Waals surface area contributed by atoms with E-state index in [0.717, 1.165) is 49.0 Å². The lowest BCUT2D eigenvalue weighted by molar-refractivity contribution is -0.0709. The van der Waals surface area contributed by atoms with Gasteiger partial charge >= 0.3 is 0 Å². The number of rotatable bonds is 4. The second-order valence-corrected chi connectivity index (χ2v) is 8.46. The fraction of sp³-hybridized carbons (Fsp3) is 0.308. The molecule has 0 radical (unpaired) electrons. The third-order valence-electron chi connectivity index (χ3n) is 6.44. The molecule has 0 spiro atoms. The van der Waals surface area contributed by atoms with Gasteiger partial charge in [0.15, 0.2) is 5.72 Å². The van der Waals surface area contributed by atoms with Crippen LogP contribution in [0.4, 0.5) is 21.5 Å². The second-order valence-electron chi connectivity index (χ2n) is 8.46. The van der Waals surface area contributed by atoms with Crippen LogP contribution in [0.3, 0.4) is 0 Å². The van der Waals surface area contributed by atoms with Gasteiger partial charge in [-0.3, -0.25) is 4.90 Å². The zero-order valence-corrected chi connectivity index (χ0v) is 18.5. The summed E-state index contributed by atoms with van der Waals surface area (Å²) in [7, 11) is 1.71. The Balaban J connectivity index is 1.40. The second kappa shape index (κ2) is 8.36. The van der Waals surface area contributed by atoms with Crippen LogP contribution in [0, 0.1) is 5.82 Å². The first-order valence-corrected chi connectivity index (χ1v) is 11.0. The van der Waals surface area contributed by atoms with Gasteiger partial charge in [0.1, 0.15) is 17.3 Å². The average molecular weight is 434 g/mol. The van der Waals surface area contributed by atoms with Crippen LogP contribution in [0.5, 0.6) is 11.5 Å². The summed E-state index contributed by atoms with van der Waals surface area (Å²) >= 11 is 0. The Bertz CT molecular complexity index is 1090. The lowest BCUT2D eigenvalue weighted by Gasteiger charge is -2.50. The van der Waals surface area contributed by atoms with Crippen LogP contribution in [-0.2, 0) is 0 Å². The number of fused-ring (bicyclic) bond motifs is 1. The molecular weight excluding hydrogens is 405 g/mol. The van der Waals surface area contributed by atoms with Crippen LogP contribution in [0.15, 0.2) is 72.8 Å². The van der Waals surface area contributed by atoms with Crippen molar-refractivity contribution in [2.24, 2.45) is 0 Å². The molecule has 0 saturated carbocycles. The Labute approximate surface area is 188 Å². The summed E-state index contributed by atoms with van der Waals surface area (Å²) in [5.74, 6) is 1.18. The first-order chi connectivity index (χ1) is 15.6. The SMILES string of the molecule is COc1ccccc1N1CCN(C2(C)CN(c3ccccc3)c3ccc(F)cc3O2)CC1. The molecule has 1 unspecified atom stereocenters. The average Bonchev–Trinajstić information content (AvgIpc) is 2.84. The van der Waals surface area contributed by atoms with Crippen molar-refractivity contribution >= 4 is 17.1 Å². The summed E-state index contributed by atoms with van der Waals surface area (Å²) < 4.78 is 26.1. The molecule has 32 heavy (non-hydrogen) atoms. The molecule has 1 atom stereocenters. The molecule has 6 heteroatoms. The van der Waals surface area contributed by atoms with Crippen molar-refractivity contribution in [2.75, 3.05) is 49.6 Å². The predicted octanol–water partition coefficient (Wildman–Crippen LogP) is 4.90. The lowest BCUT2D eigenvalue weighted by Crippen LogP contribution is -2.63. The zero-order valence-electron chi connectivity index (χ0n) is 18.5. The minimum atomic E-state index is -0.580. The van der Waals surface area contributed by atoms with Crippen molar-refractivity contribution in [1.29, 1.82) is 0 Å². The van der Waals surface area contributed by atoms with Crippen molar-refractivity contribution in [2.45, 2.75) is 12.6 Å². The maximum absolute atomic E-state index is 14.1. The smallest absolute Gasteiger partial charge is 0.178 e. The fourth-order valence-electron chi connectivity index (χ4n) is 4.75. The van der Waals surface area contributed by atoms with Gasteiger partial charge < -0.3 is 19.3 Å². The molecule has 2 heterocycles. The van der Waals surface area contributed by atoms with Gasteiger partial charge in [-0.05, 0) is 43.3 Å². The van der Waals surface area contributed by atoms with Crippen LogP contribution in [-0.4, -0.2) is 50.5 Å². The number of hydrogen-bond donors (Lipinski definition) is 0. The molecule has 0 N–H and O–H groups in total. The topological polar surface area (TPSA) is 28.2 Å². The summed E-state index contributed by atoms with van der Waals surface area (Å²) in [6.07, 6.45) is 0. The molecule has 1 fully saturated rings. The molecule has 0 aromatic heterocycles. The highest BCUT2D eigenvalue weighted by molar-refractivity contribution is 5.71. The number of ether oxygens (including phenoxy) is 2. The summed E-state index contributed by atoms with van der Waals surface area (Å²) in [5.41, 5.74) is 2.50. The van der Waals surface area contributed by atoms with E-state index in [-0.39, 0.29) is 5.82 Å². The predicted molar refractivity (Wildman–Crippen MR) is 126 cm³/mol. The number of methoxy groups -OCH3 is 1. The molecule has 0 bridgehead atoms. The van der Waals surface area contributed by atoms with Crippen LogP contribution < -0.4 is 19.3 Å². The first kappa shape index (κ1) is 20.6. The Kier molecular flexibility index (Phi) is 5.39. The highest BCUT2D eigenvalue weighted by Crippen LogP contribution is 2.43. The van der Waals surface area contributed by atoms with Crippen molar-refractivity contribution in [3.05, 3.63) is 78.6 Å². The molecule has 2 aliphatic heterocycles. The van der Waals surface area contributed by atoms with Gasteiger partial charge in [-0.15, -0.1) is 0 Å². The third kappa shape index (κ3) is 3.75. The van der Waals surface area contributed by atoms with Crippen molar-refractivity contribution in [1.82, 2.24) is 4.90 Å². The van der Waals surface area contributed by atoms with Gasteiger partial charge in [-0.1, -0.05) is 30.3 Å². The van der Waals surface area contributed by atoms with Crippen LogP contribution in [0.25, 0.3) is 0 Å². The monoisotopic (exact) mass is 433 g/mol. The normalized spacial score (nSPS) is 21.1. The van der Waals surface area contributed by atoms with Gasteiger partial charge in [-0.25, -0.2) is 4.39 Å². The maximum atomic E-state index is 14.1. The van der Waals surface area contributed by atoms with Crippen molar-refractivity contribution in [3.8, 4) is 11.5 Å². The van der Waals surface area contributed by atoms with Gasteiger partial charge in [-0.2, -0.15) is 0 Å². The van der Waals surface area contributed by atoms with E-state index in [9.17, 15) is 4.39 Å². The van der Waals surface area contributed by atoms with Crippen molar-refractivity contribution < 1.29 is 13.9 Å². The van der Waals surface area contributed by atoms with Gasteiger partial charge in [0.05, 0.1) is 25.0 Å². The molecule has 166 valence electrons. The van der Waals surface area contributed by atoms with E-state index in [1.165, 1.54) is 12.1 Å². The minimum Gasteiger partial charge on any atom is -0.495 e. The molecular formula is C26H28FN3O2. The quantitative estimate of drug-likeness (QED) is 0.583. The summed E-state index contributed by atoms with van der Waals surface area (Å²) in [6.45, 7) is 6.16. The number of halogens is 1. The Hall–Kier alpha value is -3.25. The first-order valence-electron chi connectivity index (χ1n) is 11.0. The molecule has 1 saturated heterocycles. The van der Waals surface area contributed by atoms with Gasteiger partial charge in [0.2, 0.25) is 0 Å². The van der Waals surface area contributed by atoms with Crippen LogP contribution >= 0.6 is 0 Å². The van der Waals surface area contributed by atoms with E-state index in [0.29, 0.717) is 12.3 Å². The molecule has 3 aromatic rings. The van der Waals surface area contributed by atoms with Gasteiger partial charge in [0.25, 0.3) is 0 Å². The van der Waals surface area contributed by atoms with Crippen LogP contribution in [0.1, 0.15) is 6.92 Å². The zero-order chi connectivity index (χ0) is 22.1. The summed E-state index contributed by atoms with van der Waals surface area (Å²) in [6, 6.07) is 23.1. The van der Waals surface area contributed by atoms with Gasteiger partial charge in [0, 0.05) is 37.9 Å². The molecule has 5 nitrogen and oxygen atoms in total. The number of benzene rings is 3. The minimum absolute atomic E-state index is 0.290. The fourth-order valence-corrected chi connectivity index (χ4v) is 4.75. The highest BCUT2D eigenvalue weighted by atomic mass is 19.1. The van der Waals surface area contributed by atoms with Crippen LogP contribution in [0.2, 0.25) is 0 Å². The molecule has 3 aromatic carbocycles. The molecule has 2 aliphatic rings. The number of nitrogens with zero attached hydrogens (tertiary/aromatic N) is 3. The Morgan fingerprint density at radius 3 is 2.34 bits per heavy atom. The Morgan fingerprint density at radius 2 is 1.59 bits per heavy atom. The van der Waals surface area contributed by atoms with E-state index >= 15 is 0 Å².